The first-order valence-corrected chi connectivity index (χ1v) is 13.0. The topological polar surface area (TPSA) is 91.2 Å². The van der Waals surface area contributed by atoms with Crippen molar-refractivity contribution in [3.63, 3.8) is 0 Å². The Kier molecular flexibility index (Phi) is 6.98. The van der Waals surface area contributed by atoms with Crippen LogP contribution in [0.5, 0.6) is 5.75 Å². The van der Waals surface area contributed by atoms with Crippen LogP contribution >= 0.6 is 0 Å². The third-order valence-electron chi connectivity index (χ3n) is 7.63. The number of hydrogen-bond acceptors (Lipinski definition) is 5. The third kappa shape index (κ3) is 4.71. The van der Waals surface area contributed by atoms with Crippen LogP contribution in [-0.2, 0) is 13.0 Å². The molecule has 0 spiro atoms. The summed E-state index contributed by atoms with van der Waals surface area (Å²) < 4.78 is 5.78. The summed E-state index contributed by atoms with van der Waals surface area (Å²) in [6.45, 7) is 4.79. The molecule has 192 valence electrons. The highest BCUT2D eigenvalue weighted by molar-refractivity contribution is 6.03. The monoisotopic (exact) mass is 499 g/mol. The number of benzene rings is 2. The lowest BCUT2D eigenvalue weighted by Crippen LogP contribution is -2.47. The number of aliphatic hydroxyl groups excluding tert-OH is 1. The molecular formula is C30H33N3O4. The average Bonchev–Trinajstić information content (AvgIpc) is 3.27. The van der Waals surface area contributed by atoms with Crippen molar-refractivity contribution in [1.29, 1.82) is 0 Å². The van der Waals surface area contributed by atoms with E-state index in [9.17, 15) is 14.7 Å². The quantitative estimate of drug-likeness (QED) is 0.577. The maximum atomic E-state index is 13.4. The molecule has 0 saturated carbocycles. The first kappa shape index (κ1) is 25.0. The number of carbonyl (C=O) groups is 2. The molecule has 2 N–H and O–H groups in total. The van der Waals surface area contributed by atoms with Crippen molar-refractivity contribution in [2.24, 2.45) is 4.99 Å². The van der Waals surface area contributed by atoms with Gasteiger partial charge in [-0.15, -0.1) is 0 Å². The van der Waals surface area contributed by atoms with Gasteiger partial charge in [-0.25, -0.2) is 0 Å². The summed E-state index contributed by atoms with van der Waals surface area (Å²) >= 11 is 0. The average molecular weight is 500 g/mol. The maximum Gasteiger partial charge on any atom is 0.255 e. The number of rotatable bonds is 8. The number of hydrogen-bond donors (Lipinski definition) is 2. The van der Waals surface area contributed by atoms with Crippen LogP contribution in [0, 0.1) is 0 Å². The van der Waals surface area contributed by atoms with E-state index in [1.807, 2.05) is 48.2 Å². The van der Waals surface area contributed by atoms with Crippen molar-refractivity contribution in [3.8, 4) is 5.75 Å². The number of allylic oxidation sites excluding steroid dienone is 2. The van der Waals surface area contributed by atoms with Gasteiger partial charge in [-0.3, -0.25) is 14.6 Å². The Morgan fingerprint density at radius 3 is 2.84 bits per heavy atom. The highest BCUT2D eigenvalue weighted by atomic mass is 16.5. The molecule has 0 aromatic heterocycles. The number of ether oxygens (including phenoxy) is 1. The molecule has 3 aliphatic rings. The zero-order chi connectivity index (χ0) is 26.0. The van der Waals surface area contributed by atoms with Gasteiger partial charge in [0.25, 0.3) is 11.8 Å². The number of amides is 2. The standard InChI is InChI=1S/C30H33N3O4/c1-3-30(12-8-5-9-13-30)33-19-22-14-24(27(37-4-2)16-23(22)29(33)36)28(35)32-18-26(34)25-15-20-10-6-7-11-21(20)17-31-25/h5-12,14,16-17,25-26,34H,3-4,13,15,18-19H2,1-2H3,(H,32,35)/t25-,26?,30?/m0/s1. The Labute approximate surface area is 217 Å². The lowest BCUT2D eigenvalue weighted by atomic mass is 9.86. The Morgan fingerprint density at radius 2 is 2.08 bits per heavy atom. The Bertz CT molecular complexity index is 1300. The van der Waals surface area contributed by atoms with Gasteiger partial charge in [-0.1, -0.05) is 55.5 Å². The molecule has 0 bridgehead atoms. The van der Waals surface area contributed by atoms with Gasteiger partial charge >= 0.3 is 0 Å². The maximum absolute atomic E-state index is 13.4. The summed E-state index contributed by atoms with van der Waals surface area (Å²) in [6, 6.07) is 11.1. The molecule has 2 aliphatic heterocycles. The van der Waals surface area contributed by atoms with E-state index in [0.717, 1.165) is 29.5 Å². The van der Waals surface area contributed by atoms with Gasteiger partial charge in [0.15, 0.2) is 0 Å². The van der Waals surface area contributed by atoms with Gasteiger partial charge in [0.2, 0.25) is 0 Å². The SMILES string of the molecule is CCOc1cc2c(cc1C(=O)NCC(O)[C@@H]1Cc3ccccc3C=N1)CN(C1(CC)C=CC=CC1)C2=O. The Morgan fingerprint density at radius 1 is 1.24 bits per heavy atom. The molecule has 2 heterocycles. The van der Waals surface area contributed by atoms with Gasteiger partial charge in [-0.2, -0.15) is 0 Å². The Hall–Kier alpha value is -3.71. The highest BCUT2D eigenvalue weighted by Gasteiger charge is 2.41. The number of nitrogens with zero attached hydrogens (tertiary/aromatic N) is 2. The van der Waals surface area contributed by atoms with E-state index in [4.69, 9.17) is 4.74 Å². The first-order valence-electron chi connectivity index (χ1n) is 13.0. The number of fused-ring (bicyclic) bond motifs is 2. The highest BCUT2D eigenvalue weighted by Crippen LogP contribution is 2.38. The molecule has 7 nitrogen and oxygen atoms in total. The molecule has 3 atom stereocenters. The van der Waals surface area contributed by atoms with Crippen molar-refractivity contribution in [1.82, 2.24) is 10.2 Å². The van der Waals surface area contributed by atoms with Crippen molar-refractivity contribution < 1.29 is 19.4 Å². The fraction of sp³-hybridized carbons (Fsp3) is 0.367. The molecule has 0 fully saturated rings. The largest absolute Gasteiger partial charge is 0.493 e. The number of aliphatic hydroxyl groups is 1. The molecule has 2 aromatic rings. The van der Waals surface area contributed by atoms with E-state index in [-0.39, 0.29) is 29.9 Å². The minimum absolute atomic E-state index is 0.0458. The molecule has 2 unspecified atom stereocenters. The van der Waals surface area contributed by atoms with Crippen molar-refractivity contribution in [3.05, 3.63) is 88.5 Å². The van der Waals surface area contributed by atoms with Gasteiger partial charge in [0.1, 0.15) is 5.75 Å². The summed E-state index contributed by atoms with van der Waals surface area (Å²) in [4.78, 5) is 33.1. The van der Waals surface area contributed by atoms with Crippen molar-refractivity contribution in [2.45, 2.75) is 57.3 Å². The molecule has 5 rings (SSSR count). The number of nitrogens with one attached hydrogen (secondary N) is 1. The minimum atomic E-state index is -0.828. The third-order valence-corrected chi connectivity index (χ3v) is 7.63. The smallest absolute Gasteiger partial charge is 0.255 e. The first-order chi connectivity index (χ1) is 18.0. The van der Waals surface area contributed by atoms with Gasteiger partial charge < -0.3 is 20.1 Å². The molecule has 1 aliphatic carbocycles. The van der Waals surface area contributed by atoms with E-state index in [1.54, 1.807) is 18.3 Å². The summed E-state index contributed by atoms with van der Waals surface area (Å²) in [7, 11) is 0. The van der Waals surface area contributed by atoms with Crippen LogP contribution in [0.2, 0.25) is 0 Å². The zero-order valence-corrected chi connectivity index (χ0v) is 21.3. The van der Waals surface area contributed by atoms with E-state index in [2.05, 4.69) is 29.4 Å². The molecule has 2 aromatic carbocycles. The normalized spacial score (nSPS) is 22.5. The van der Waals surface area contributed by atoms with Gasteiger partial charge in [0.05, 0.1) is 29.9 Å². The van der Waals surface area contributed by atoms with E-state index >= 15 is 0 Å². The second kappa shape index (κ2) is 10.3. The molecule has 0 radical (unpaired) electrons. The predicted octanol–water partition coefficient (Wildman–Crippen LogP) is 3.84. The molecule has 37 heavy (non-hydrogen) atoms. The van der Waals surface area contributed by atoms with Crippen LogP contribution in [0.25, 0.3) is 0 Å². The summed E-state index contributed by atoms with van der Waals surface area (Å²) in [5.74, 6) is -0.0182. The summed E-state index contributed by atoms with van der Waals surface area (Å²) in [5, 5.41) is 13.6. The summed E-state index contributed by atoms with van der Waals surface area (Å²) in [5.41, 5.74) is 3.57. The second-order valence-corrected chi connectivity index (χ2v) is 9.80. The lowest BCUT2D eigenvalue weighted by molar-refractivity contribution is 0.0589. The lowest BCUT2D eigenvalue weighted by Gasteiger charge is -2.39. The predicted molar refractivity (Wildman–Crippen MR) is 143 cm³/mol. The van der Waals surface area contributed by atoms with Crippen LogP contribution in [0.3, 0.4) is 0 Å². The molecule has 0 saturated heterocycles. The molecule has 7 heteroatoms. The number of carbonyl (C=O) groups excluding carboxylic acids is 2. The van der Waals surface area contributed by atoms with Crippen LogP contribution in [0.1, 0.15) is 64.1 Å². The van der Waals surface area contributed by atoms with Crippen molar-refractivity contribution in [2.75, 3.05) is 13.2 Å². The zero-order valence-electron chi connectivity index (χ0n) is 21.3. The fourth-order valence-electron chi connectivity index (χ4n) is 5.42. The summed E-state index contributed by atoms with van der Waals surface area (Å²) in [6.07, 6.45) is 11.3. The van der Waals surface area contributed by atoms with Crippen LogP contribution < -0.4 is 10.1 Å². The Balaban J connectivity index is 1.32. The van der Waals surface area contributed by atoms with Gasteiger partial charge in [-0.05, 0) is 55.0 Å². The van der Waals surface area contributed by atoms with Crippen LogP contribution in [0.4, 0.5) is 0 Å². The van der Waals surface area contributed by atoms with Crippen LogP contribution in [-0.4, -0.2) is 58.9 Å². The number of aliphatic imine (C=N–C) groups is 1. The van der Waals surface area contributed by atoms with Gasteiger partial charge in [0, 0.05) is 24.9 Å². The van der Waals surface area contributed by atoms with E-state index in [0.29, 0.717) is 36.4 Å². The van der Waals surface area contributed by atoms with Crippen molar-refractivity contribution >= 4 is 18.0 Å². The molecular weight excluding hydrogens is 466 g/mol. The fourth-order valence-corrected chi connectivity index (χ4v) is 5.42. The molecule has 2 amide bonds. The van der Waals surface area contributed by atoms with Crippen LogP contribution in [0.15, 0.2) is 65.7 Å². The minimum Gasteiger partial charge on any atom is -0.493 e. The van der Waals surface area contributed by atoms with E-state index in [1.165, 1.54) is 0 Å². The second-order valence-electron chi connectivity index (χ2n) is 9.80. The van der Waals surface area contributed by atoms with E-state index < -0.39 is 6.10 Å².